The van der Waals surface area contributed by atoms with E-state index in [0.29, 0.717) is 12.0 Å². The lowest BCUT2D eigenvalue weighted by atomic mass is 10.0. The van der Waals surface area contributed by atoms with E-state index < -0.39 is 0 Å². The molecule has 0 spiro atoms. The van der Waals surface area contributed by atoms with Crippen molar-refractivity contribution in [1.29, 1.82) is 5.26 Å². The van der Waals surface area contributed by atoms with Gasteiger partial charge in [-0.2, -0.15) is 5.26 Å². The van der Waals surface area contributed by atoms with E-state index in [1.165, 1.54) is 10.4 Å². The molecule has 4 heteroatoms. The minimum Gasteiger partial charge on any atom is -0.316 e. The van der Waals surface area contributed by atoms with Crippen LogP contribution in [0.15, 0.2) is 18.2 Å². The molecule has 0 unspecified atom stereocenters. The van der Waals surface area contributed by atoms with Crippen molar-refractivity contribution in [2.45, 2.75) is 39.5 Å². The topological polar surface area (TPSA) is 52.9 Å². The number of carbonyl (C=O) groups excluding carboxylic acids is 1. The van der Waals surface area contributed by atoms with Crippen molar-refractivity contribution in [1.82, 2.24) is 0 Å². The van der Waals surface area contributed by atoms with Crippen LogP contribution < -0.4 is 5.32 Å². The summed E-state index contributed by atoms with van der Waals surface area (Å²) in [5, 5.41) is 13.0. The fraction of sp³-hybridized carbons (Fsp3) is 0.333. The Morgan fingerprint density at radius 2 is 2.18 bits per heavy atom. The lowest BCUT2D eigenvalue weighted by Gasteiger charge is -2.07. The molecule has 2 aromatic rings. The molecule has 1 aromatic carbocycles. The van der Waals surface area contributed by atoms with E-state index in [1.807, 2.05) is 26.0 Å². The third-order valence-corrected chi connectivity index (χ3v) is 5.34. The van der Waals surface area contributed by atoms with E-state index in [2.05, 4.69) is 17.5 Å². The molecule has 112 valence electrons. The average Bonchev–Trinajstić information content (AvgIpc) is 3.02. The minimum absolute atomic E-state index is 0.0524. The van der Waals surface area contributed by atoms with Crippen LogP contribution in [0, 0.1) is 25.2 Å². The molecule has 0 radical (unpaired) electrons. The predicted molar refractivity (Wildman–Crippen MR) is 89.3 cm³/mol. The van der Waals surface area contributed by atoms with Crippen LogP contribution in [0.4, 0.5) is 5.00 Å². The SMILES string of the molecule is Cc1ccc(CC(=O)Nc2sc3c(c2C#N)CCC3)c(C)c1. The number of hydrogen-bond acceptors (Lipinski definition) is 3. The van der Waals surface area contributed by atoms with E-state index in [4.69, 9.17) is 0 Å². The van der Waals surface area contributed by atoms with Gasteiger partial charge >= 0.3 is 0 Å². The molecule has 0 fully saturated rings. The number of amides is 1. The third-order valence-electron chi connectivity index (χ3n) is 4.14. The molecule has 1 N–H and O–H groups in total. The number of rotatable bonds is 3. The van der Waals surface area contributed by atoms with Crippen LogP contribution in [0.2, 0.25) is 0 Å². The molecule has 1 heterocycles. The van der Waals surface area contributed by atoms with Gasteiger partial charge < -0.3 is 5.32 Å². The normalized spacial score (nSPS) is 12.8. The molecule has 3 nitrogen and oxygen atoms in total. The van der Waals surface area contributed by atoms with Crippen molar-refractivity contribution >= 4 is 22.2 Å². The van der Waals surface area contributed by atoms with Crippen LogP contribution in [-0.2, 0) is 24.1 Å². The van der Waals surface area contributed by atoms with Crippen LogP contribution in [0.5, 0.6) is 0 Å². The summed E-state index contributed by atoms with van der Waals surface area (Å²) in [4.78, 5) is 13.6. The molecule has 3 rings (SSSR count). The number of anilines is 1. The van der Waals surface area contributed by atoms with Crippen LogP contribution in [-0.4, -0.2) is 5.91 Å². The summed E-state index contributed by atoms with van der Waals surface area (Å²) < 4.78 is 0. The molecule has 0 atom stereocenters. The number of nitriles is 1. The number of nitrogens with zero attached hydrogens (tertiary/aromatic N) is 1. The van der Waals surface area contributed by atoms with E-state index in [-0.39, 0.29) is 5.91 Å². The Balaban J connectivity index is 1.76. The molecule has 22 heavy (non-hydrogen) atoms. The summed E-state index contributed by atoms with van der Waals surface area (Å²) in [6.45, 7) is 4.07. The highest BCUT2D eigenvalue weighted by molar-refractivity contribution is 7.16. The number of nitrogens with one attached hydrogen (secondary N) is 1. The van der Waals surface area contributed by atoms with E-state index in [9.17, 15) is 10.1 Å². The van der Waals surface area contributed by atoms with Crippen molar-refractivity contribution in [3.05, 3.63) is 50.9 Å². The lowest BCUT2D eigenvalue weighted by Crippen LogP contribution is -2.15. The zero-order valence-electron chi connectivity index (χ0n) is 12.8. The Hall–Kier alpha value is -2.12. The van der Waals surface area contributed by atoms with Gasteiger partial charge in [0, 0.05) is 4.88 Å². The summed E-state index contributed by atoms with van der Waals surface area (Å²) in [5.41, 5.74) is 5.18. The molecule has 0 aliphatic heterocycles. The van der Waals surface area contributed by atoms with Gasteiger partial charge in [0.1, 0.15) is 11.1 Å². The number of benzene rings is 1. The minimum atomic E-state index is -0.0524. The molecule has 1 aliphatic carbocycles. The fourth-order valence-electron chi connectivity index (χ4n) is 3.00. The highest BCUT2D eigenvalue weighted by Crippen LogP contribution is 2.38. The zero-order chi connectivity index (χ0) is 15.7. The summed E-state index contributed by atoms with van der Waals surface area (Å²) >= 11 is 1.56. The van der Waals surface area contributed by atoms with E-state index in [1.54, 1.807) is 11.3 Å². The highest BCUT2D eigenvalue weighted by atomic mass is 32.1. The molecular formula is C18H18N2OS. The van der Waals surface area contributed by atoms with Gasteiger partial charge in [0.2, 0.25) is 5.91 Å². The van der Waals surface area contributed by atoms with Crippen molar-refractivity contribution in [2.24, 2.45) is 0 Å². The predicted octanol–water partition coefficient (Wildman–Crippen LogP) is 3.91. The number of aryl methyl sites for hydroxylation is 3. The summed E-state index contributed by atoms with van der Waals surface area (Å²) in [5.74, 6) is -0.0524. The Labute approximate surface area is 134 Å². The Kier molecular flexibility index (Phi) is 4.00. The summed E-state index contributed by atoms with van der Waals surface area (Å²) in [6.07, 6.45) is 3.45. The number of carbonyl (C=O) groups is 1. The number of thiophene rings is 1. The molecule has 1 aliphatic rings. The van der Waals surface area contributed by atoms with Gasteiger partial charge in [-0.1, -0.05) is 23.8 Å². The quantitative estimate of drug-likeness (QED) is 0.934. The number of hydrogen-bond donors (Lipinski definition) is 1. The second-order valence-corrected chi connectivity index (χ2v) is 6.93. The van der Waals surface area contributed by atoms with Gasteiger partial charge in [0.15, 0.2) is 0 Å². The maximum Gasteiger partial charge on any atom is 0.229 e. The first-order valence-corrected chi connectivity index (χ1v) is 8.30. The van der Waals surface area contributed by atoms with Crippen molar-refractivity contribution in [3.8, 4) is 6.07 Å². The van der Waals surface area contributed by atoms with Crippen molar-refractivity contribution in [2.75, 3.05) is 5.32 Å². The monoisotopic (exact) mass is 310 g/mol. The highest BCUT2D eigenvalue weighted by Gasteiger charge is 2.23. The maximum absolute atomic E-state index is 12.3. The van der Waals surface area contributed by atoms with Gasteiger partial charge in [-0.15, -0.1) is 11.3 Å². The third kappa shape index (κ3) is 2.77. The second-order valence-electron chi connectivity index (χ2n) is 5.83. The summed E-state index contributed by atoms with van der Waals surface area (Å²) in [7, 11) is 0. The Bertz CT molecular complexity index is 783. The van der Waals surface area contributed by atoms with E-state index in [0.717, 1.165) is 41.0 Å². The molecule has 0 saturated carbocycles. The van der Waals surface area contributed by atoms with Crippen molar-refractivity contribution in [3.63, 3.8) is 0 Å². The lowest BCUT2D eigenvalue weighted by molar-refractivity contribution is -0.115. The first-order chi connectivity index (χ1) is 10.6. The molecular weight excluding hydrogens is 292 g/mol. The van der Waals surface area contributed by atoms with Gasteiger partial charge in [0.25, 0.3) is 0 Å². The van der Waals surface area contributed by atoms with Gasteiger partial charge in [-0.05, 0) is 49.8 Å². The Morgan fingerprint density at radius 1 is 1.36 bits per heavy atom. The molecule has 0 bridgehead atoms. The summed E-state index contributed by atoms with van der Waals surface area (Å²) in [6, 6.07) is 8.37. The van der Waals surface area contributed by atoms with Gasteiger partial charge in [0.05, 0.1) is 12.0 Å². The molecule has 1 amide bonds. The largest absolute Gasteiger partial charge is 0.316 e. The van der Waals surface area contributed by atoms with Crippen LogP contribution in [0.3, 0.4) is 0 Å². The Morgan fingerprint density at radius 3 is 2.91 bits per heavy atom. The molecule has 0 saturated heterocycles. The van der Waals surface area contributed by atoms with Gasteiger partial charge in [-0.3, -0.25) is 4.79 Å². The smallest absolute Gasteiger partial charge is 0.229 e. The van der Waals surface area contributed by atoms with Crippen LogP contribution in [0.1, 0.15) is 39.1 Å². The molecule has 1 aromatic heterocycles. The number of fused-ring (bicyclic) bond motifs is 1. The first kappa shape index (κ1) is 14.8. The van der Waals surface area contributed by atoms with Crippen LogP contribution in [0.25, 0.3) is 0 Å². The maximum atomic E-state index is 12.3. The zero-order valence-corrected chi connectivity index (χ0v) is 13.6. The fourth-order valence-corrected chi connectivity index (χ4v) is 4.25. The average molecular weight is 310 g/mol. The van der Waals surface area contributed by atoms with Crippen LogP contribution >= 0.6 is 11.3 Å². The standard InChI is InChI=1S/C18H18N2OS/c1-11-6-7-13(12(2)8-11)9-17(21)20-18-15(10-19)14-4-3-5-16(14)22-18/h6-8H,3-5,9H2,1-2H3,(H,20,21). The van der Waals surface area contributed by atoms with Gasteiger partial charge in [-0.25, -0.2) is 0 Å². The second kappa shape index (κ2) is 5.94. The van der Waals surface area contributed by atoms with Crippen molar-refractivity contribution < 1.29 is 4.79 Å². The van der Waals surface area contributed by atoms with E-state index >= 15 is 0 Å². The first-order valence-electron chi connectivity index (χ1n) is 7.49.